The van der Waals surface area contributed by atoms with Gasteiger partial charge >= 0.3 is 0 Å². The molecule has 0 aromatic carbocycles. The molecule has 0 amide bonds. The number of hydrogen-bond donors (Lipinski definition) is 0. The summed E-state index contributed by atoms with van der Waals surface area (Å²) in [5.74, 6) is 0. The van der Waals surface area contributed by atoms with Gasteiger partial charge in [-0.3, -0.25) is 0 Å². The second-order valence-electron chi connectivity index (χ2n) is 4.86. The normalized spacial score (nSPS) is 13.3. The Morgan fingerprint density at radius 1 is 0.929 bits per heavy atom. The van der Waals surface area contributed by atoms with Crippen molar-refractivity contribution in [2.45, 2.75) is 58.2 Å². The fourth-order valence-corrected chi connectivity index (χ4v) is 8.63. The quantitative estimate of drug-likeness (QED) is 0.512. The summed E-state index contributed by atoms with van der Waals surface area (Å²) in [6, 6.07) is 0. The molecule has 0 saturated heterocycles. The van der Waals surface area contributed by atoms with E-state index in [2.05, 4.69) is 57.5 Å². The van der Waals surface area contributed by atoms with Crippen molar-refractivity contribution in [2.75, 3.05) is 11.9 Å². The molecule has 1 nitrogen and oxygen atoms in total. The second-order valence-corrected chi connectivity index (χ2v) is 11.1. The van der Waals surface area contributed by atoms with Crippen molar-refractivity contribution >= 4 is 24.2 Å². The van der Waals surface area contributed by atoms with Gasteiger partial charge in [0.25, 0.3) is 0 Å². The monoisotopic (exact) mass is 280 g/mol. The van der Waals surface area contributed by atoms with Crippen molar-refractivity contribution < 1.29 is 4.43 Å². The van der Waals surface area contributed by atoms with Crippen LogP contribution in [0.3, 0.4) is 0 Å². The van der Waals surface area contributed by atoms with Gasteiger partial charge in [0.2, 0.25) is 0 Å². The van der Waals surface area contributed by atoms with Gasteiger partial charge in [-0.2, -0.15) is 0 Å². The smallest absolute Gasteiger partial charge is 0.200 e. The molecular formula is C11H25BrOSi. The molecule has 3 heteroatoms. The summed E-state index contributed by atoms with van der Waals surface area (Å²) >= 11 is 3.45. The van der Waals surface area contributed by atoms with Gasteiger partial charge in [0, 0.05) is 11.9 Å². The first kappa shape index (κ1) is 14.7. The summed E-state index contributed by atoms with van der Waals surface area (Å²) in [4.78, 5) is 0. The van der Waals surface area contributed by atoms with Crippen LogP contribution in [-0.2, 0) is 4.43 Å². The predicted octanol–water partition coefficient (Wildman–Crippen LogP) is 4.57. The zero-order valence-corrected chi connectivity index (χ0v) is 13.0. The van der Waals surface area contributed by atoms with Crippen LogP contribution in [0.5, 0.6) is 0 Å². The SMILES string of the molecule is CC(C)[Si](OCCBr)(C(C)C)C(C)C. The predicted molar refractivity (Wildman–Crippen MR) is 70.8 cm³/mol. The molecule has 0 unspecified atom stereocenters. The Morgan fingerprint density at radius 2 is 1.29 bits per heavy atom. The van der Waals surface area contributed by atoms with Crippen molar-refractivity contribution in [3.05, 3.63) is 0 Å². The third-order valence-electron chi connectivity index (χ3n) is 3.14. The molecule has 0 aliphatic carbocycles. The Bertz CT molecular complexity index is 136. The van der Waals surface area contributed by atoms with E-state index < -0.39 is 8.32 Å². The summed E-state index contributed by atoms with van der Waals surface area (Å²) in [6.07, 6.45) is 0. The van der Waals surface area contributed by atoms with Crippen LogP contribution in [0.15, 0.2) is 0 Å². The maximum atomic E-state index is 6.26. The van der Waals surface area contributed by atoms with Crippen molar-refractivity contribution in [3.63, 3.8) is 0 Å². The Morgan fingerprint density at radius 3 is 1.50 bits per heavy atom. The molecule has 0 radical (unpaired) electrons. The van der Waals surface area contributed by atoms with E-state index in [-0.39, 0.29) is 0 Å². The lowest BCUT2D eigenvalue weighted by Gasteiger charge is -2.42. The van der Waals surface area contributed by atoms with E-state index in [0.717, 1.165) is 11.9 Å². The van der Waals surface area contributed by atoms with Gasteiger partial charge in [-0.25, -0.2) is 0 Å². The molecule has 0 bridgehead atoms. The van der Waals surface area contributed by atoms with Crippen LogP contribution in [0, 0.1) is 0 Å². The summed E-state index contributed by atoms with van der Waals surface area (Å²) in [5, 5.41) is 0.952. The summed E-state index contributed by atoms with van der Waals surface area (Å²) in [5.41, 5.74) is 2.09. The van der Waals surface area contributed by atoms with Crippen LogP contribution in [-0.4, -0.2) is 20.3 Å². The third-order valence-corrected chi connectivity index (χ3v) is 9.58. The molecular weight excluding hydrogens is 256 g/mol. The molecule has 0 heterocycles. The highest BCUT2D eigenvalue weighted by molar-refractivity contribution is 9.09. The van der Waals surface area contributed by atoms with Gasteiger partial charge in [-0.1, -0.05) is 57.5 Å². The van der Waals surface area contributed by atoms with Crippen molar-refractivity contribution in [1.29, 1.82) is 0 Å². The molecule has 0 spiro atoms. The second kappa shape index (κ2) is 6.29. The van der Waals surface area contributed by atoms with Gasteiger partial charge in [-0.05, 0) is 16.6 Å². The van der Waals surface area contributed by atoms with E-state index >= 15 is 0 Å². The first-order valence-corrected chi connectivity index (χ1v) is 8.85. The van der Waals surface area contributed by atoms with E-state index in [9.17, 15) is 0 Å². The Hall–Kier alpha value is 0.657. The Labute approximate surface area is 98.9 Å². The fourth-order valence-electron chi connectivity index (χ4n) is 2.72. The Kier molecular flexibility index (Phi) is 6.58. The highest BCUT2D eigenvalue weighted by Gasteiger charge is 2.44. The number of rotatable bonds is 6. The van der Waals surface area contributed by atoms with E-state index in [1.165, 1.54) is 0 Å². The minimum absolute atomic E-state index is 0.696. The van der Waals surface area contributed by atoms with Crippen molar-refractivity contribution in [1.82, 2.24) is 0 Å². The average molecular weight is 281 g/mol. The molecule has 86 valence electrons. The van der Waals surface area contributed by atoms with Gasteiger partial charge in [-0.15, -0.1) is 0 Å². The molecule has 0 fully saturated rings. The minimum Gasteiger partial charge on any atom is -0.415 e. The van der Waals surface area contributed by atoms with Gasteiger partial charge in [0.1, 0.15) is 0 Å². The molecule has 0 aliphatic rings. The average Bonchev–Trinajstić information content (AvgIpc) is 2.03. The lowest BCUT2D eigenvalue weighted by Crippen LogP contribution is -2.48. The van der Waals surface area contributed by atoms with E-state index in [1.54, 1.807) is 0 Å². The molecule has 14 heavy (non-hydrogen) atoms. The minimum atomic E-state index is -1.58. The standard InChI is InChI=1S/C11H25BrOSi/c1-9(2)14(10(3)4,11(5)6)13-8-7-12/h9-11H,7-8H2,1-6H3. The van der Waals surface area contributed by atoms with Crippen LogP contribution in [0.4, 0.5) is 0 Å². The maximum absolute atomic E-state index is 6.26. The van der Waals surface area contributed by atoms with E-state index in [0.29, 0.717) is 16.6 Å². The molecule has 0 aliphatic heterocycles. The Balaban J connectivity index is 4.76. The number of alkyl halides is 1. The molecule has 0 rings (SSSR count). The summed E-state index contributed by atoms with van der Waals surface area (Å²) in [7, 11) is -1.58. The zero-order chi connectivity index (χ0) is 11.4. The molecule has 0 N–H and O–H groups in total. The zero-order valence-electron chi connectivity index (χ0n) is 10.4. The van der Waals surface area contributed by atoms with Crippen LogP contribution < -0.4 is 0 Å². The molecule has 0 saturated carbocycles. The molecule has 0 aromatic rings. The van der Waals surface area contributed by atoms with Crippen LogP contribution in [0.1, 0.15) is 41.5 Å². The number of halogens is 1. The number of hydrogen-bond acceptors (Lipinski definition) is 1. The maximum Gasteiger partial charge on any atom is 0.200 e. The van der Waals surface area contributed by atoms with Gasteiger partial charge in [0.05, 0.1) is 0 Å². The molecule has 0 aromatic heterocycles. The summed E-state index contributed by atoms with van der Waals surface area (Å²) < 4.78 is 6.26. The summed E-state index contributed by atoms with van der Waals surface area (Å²) in [6.45, 7) is 14.8. The van der Waals surface area contributed by atoms with Crippen LogP contribution in [0.2, 0.25) is 16.6 Å². The van der Waals surface area contributed by atoms with Crippen LogP contribution >= 0.6 is 15.9 Å². The van der Waals surface area contributed by atoms with Crippen molar-refractivity contribution in [3.8, 4) is 0 Å². The lowest BCUT2D eigenvalue weighted by atomic mass is 10.5. The van der Waals surface area contributed by atoms with Gasteiger partial charge in [0.15, 0.2) is 8.32 Å². The van der Waals surface area contributed by atoms with E-state index in [4.69, 9.17) is 4.43 Å². The molecule has 0 atom stereocenters. The largest absolute Gasteiger partial charge is 0.415 e. The lowest BCUT2D eigenvalue weighted by molar-refractivity contribution is 0.301. The van der Waals surface area contributed by atoms with E-state index in [1.807, 2.05) is 0 Å². The highest BCUT2D eigenvalue weighted by atomic mass is 79.9. The van der Waals surface area contributed by atoms with Gasteiger partial charge < -0.3 is 4.43 Å². The van der Waals surface area contributed by atoms with Crippen LogP contribution in [0.25, 0.3) is 0 Å². The van der Waals surface area contributed by atoms with Crippen molar-refractivity contribution in [2.24, 2.45) is 0 Å². The fraction of sp³-hybridized carbons (Fsp3) is 1.00. The third kappa shape index (κ3) is 3.07. The topological polar surface area (TPSA) is 9.23 Å². The first-order chi connectivity index (χ1) is 6.39. The first-order valence-electron chi connectivity index (χ1n) is 5.59. The highest BCUT2D eigenvalue weighted by Crippen LogP contribution is 2.42.